The Morgan fingerprint density at radius 1 is 1.79 bits per heavy atom. The number of aromatic nitrogens is 1. The lowest BCUT2D eigenvalue weighted by Crippen LogP contribution is -2.31. The molecule has 1 heterocycles. The fourth-order valence-electron chi connectivity index (χ4n) is 0.977. The largest absolute Gasteiger partial charge is 0.355 e. The SMILES string of the molecule is Cc1nc(CCNC(=O)C(C)Br)cs1. The number of carbonyl (C=O) groups excluding carboxylic acids is 1. The van der Waals surface area contributed by atoms with Gasteiger partial charge in [-0.05, 0) is 13.8 Å². The van der Waals surface area contributed by atoms with Gasteiger partial charge in [0.15, 0.2) is 0 Å². The summed E-state index contributed by atoms with van der Waals surface area (Å²) in [5.74, 6) is 0.0250. The summed E-state index contributed by atoms with van der Waals surface area (Å²) in [4.78, 5) is 15.3. The molecule has 0 aliphatic carbocycles. The first kappa shape index (κ1) is 11.7. The van der Waals surface area contributed by atoms with E-state index in [0.717, 1.165) is 17.1 Å². The van der Waals surface area contributed by atoms with E-state index >= 15 is 0 Å². The number of carbonyl (C=O) groups is 1. The fraction of sp³-hybridized carbons (Fsp3) is 0.556. The summed E-state index contributed by atoms with van der Waals surface area (Å²) in [6.45, 7) is 4.44. The molecule has 0 aliphatic rings. The smallest absolute Gasteiger partial charge is 0.233 e. The van der Waals surface area contributed by atoms with Gasteiger partial charge in [-0.15, -0.1) is 11.3 Å². The van der Waals surface area contributed by atoms with Crippen LogP contribution in [0.3, 0.4) is 0 Å². The molecule has 0 aromatic carbocycles. The van der Waals surface area contributed by atoms with Crippen LogP contribution in [0, 0.1) is 6.92 Å². The summed E-state index contributed by atoms with van der Waals surface area (Å²) >= 11 is 4.84. The number of aryl methyl sites for hydroxylation is 1. The highest BCUT2D eigenvalue weighted by atomic mass is 79.9. The van der Waals surface area contributed by atoms with Crippen molar-refractivity contribution in [3.63, 3.8) is 0 Å². The Morgan fingerprint density at radius 2 is 2.50 bits per heavy atom. The molecule has 3 nitrogen and oxygen atoms in total. The van der Waals surface area contributed by atoms with Crippen molar-refractivity contribution in [2.24, 2.45) is 0 Å². The lowest BCUT2D eigenvalue weighted by molar-refractivity contribution is -0.120. The van der Waals surface area contributed by atoms with Gasteiger partial charge < -0.3 is 5.32 Å². The van der Waals surface area contributed by atoms with Gasteiger partial charge in [-0.25, -0.2) is 4.98 Å². The standard InChI is InChI=1S/C9H13BrN2OS/c1-6(10)9(13)11-4-3-8-5-14-7(2)12-8/h5-6H,3-4H2,1-2H3,(H,11,13). The predicted molar refractivity (Wildman–Crippen MR) is 62.0 cm³/mol. The van der Waals surface area contributed by atoms with Gasteiger partial charge in [-0.3, -0.25) is 4.79 Å². The normalized spacial score (nSPS) is 12.5. The highest BCUT2D eigenvalue weighted by Gasteiger charge is 2.07. The molecule has 5 heteroatoms. The van der Waals surface area contributed by atoms with Crippen molar-refractivity contribution in [1.82, 2.24) is 10.3 Å². The zero-order chi connectivity index (χ0) is 10.6. The molecule has 1 rings (SSSR count). The second-order valence-corrected chi connectivity index (χ2v) is 5.45. The molecular formula is C9H13BrN2OS. The molecule has 1 aromatic heterocycles. The molecule has 0 saturated carbocycles. The monoisotopic (exact) mass is 276 g/mol. The summed E-state index contributed by atoms with van der Waals surface area (Å²) in [6, 6.07) is 0. The maximum Gasteiger partial charge on any atom is 0.233 e. The number of hydrogen-bond donors (Lipinski definition) is 1. The van der Waals surface area contributed by atoms with Crippen molar-refractivity contribution in [3.8, 4) is 0 Å². The van der Waals surface area contributed by atoms with E-state index in [4.69, 9.17) is 0 Å². The first-order valence-corrected chi connectivity index (χ1v) is 6.22. The molecule has 0 saturated heterocycles. The van der Waals surface area contributed by atoms with Crippen LogP contribution in [-0.2, 0) is 11.2 Å². The molecule has 0 spiro atoms. The second-order valence-electron chi connectivity index (χ2n) is 3.01. The highest BCUT2D eigenvalue weighted by Crippen LogP contribution is 2.07. The van der Waals surface area contributed by atoms with Gasteiger partial charge in [0.05, 0.1) is 15.5 Å². The van der Waals surface area contributed by atoms with Crippen molar-refractivity contribution in [1.29, 1.82) is 0 Å². The Kier molecular flexibility index (Phi) is 4.54. The van der Waals surface area contributed by atoms with E-state index in [1.807, 2.05) is 19.2 Å². The molecular weight excluding hydrogens is 264 g/mol. The Labute approximate surface area is 96.1 Å². The predicted octanol–water partition coefficient (Wildman–Crippen LogP) is 1.89. The quantitative estimate of drug-likeness (QED) is 0.854. The number of hydrogen-bond acceptors (Lipinski definition) is 3. The maximum atomic E-state index is 11.2. The summed E-state index contributed by atoms with van der Waals surface area (Å²) in [7, 11) is 0. The third kappa shape index (κ3) is 3.75. The van der Waals surface area contributed by atoms with Crippen LogP contribution in [0.25, 0.3) is 0 Å². The Hall–Kier alpha value is -0.420. The maximum absolute atomic E-state index is 11.2. The number of nitrogens with one attached hydrogen (secondary N) is 1. The number of halogens is 1. The molecule has 1 aromatic rings. The van der Waals surface area contributed by atoms with Crippen molar-refractivity contribution >= 4 is 33.2 Å². The van der Waals surface area contributed by atoms with E-state index in [2.05, 4.69) is 26.2 Å². The number of rotatable bonds is 4. The third-order valence-corrected chi connectivity index (χ3v) is 2.95. The Balaban J connectivity index is 2.25. The van der Waals surface area contributed by atoms with Crippen molar-refractivity contribution in [2.75, 3.05) is 6.54 Å². The van der Waals surface area contributed by atoms with Crippen LogP contribution in [0.2, 0.25) is 0 Å². The molecule has 0 aliphatic heterocycles. The van der Waals surface area contributed by atoms with Gasteiger partial charge in [0.25, 0.3) is 0 Å². The molecule has 0 bridgehead atoms. The van der Waals surface area contributed by atoms with Gasteiger partial charge in [0.2, 0.25) is 5.91 Å². The van der Waals surface area contributed by atoms with Crippen LogP contribution in [-0.4, -0.2) is 22.3 Å². The number of alkyl halides is 1. The molecule has 0 fully saturated rings. The van der Waals surface area contributed by atoms with E-state index < -0.39 is 0 Å². The lowest BCUT2D eigenvalue weighted by atomic mass is 10.3. The first-order valence-electron chi connectivity index (χ1n) is 4.42. The van der Waals surface area contributed by atoms with Crippen LogP contribution in [0.5, 0.6) is 0 Å². The molecule has 1 unspecified atom stereocenters. The van der Waals surface area contributed by atoms with E-state index in [9.17, 15) is 4.79 Å². The zero-order valence-electron chi connectivity index (χ0n) is 8.21. The summed E-state index contributed by atoms with van der Waals surface area (Å²) in [6.07, 6.45) is 0.801. The van der Waals surface area contributed by atoms with E-state index in [1.165, 1.54) is 0 Å². The molecule has 0 radical (unpaired) electrons. The van der Waals surface area contributed by atoms with Crippen LogP contribution in [0.1, 0.15) is 17.6 Å². The van der Waals surface area contributed by atoms with Gasteiger partial charge >= 0.3 is 0 Å². The minimum atomic E-state index is -0.125. The lowest BCUT2D eigenvalue weighted by Gasteiger charge is -2.04. The molecule has 14 heavy (non-hydrogen) atoms. The van der Waals surface area contributed by atoms with E-state index in [0.29, 0.717) is 6.54 Å². The number of nitrogens with zero attached hydrogens (tertiary/aromatic N) is 1. The highest BCUT2D eigenvalue weighted by molar-refractivity contribution is 9.10. The van der Waals surface area contributed by atoms with Gasteiger partial charge in [-0.2, -0.15) is 0 Å². The van der Waals surface area contributed by atoms with Gasteiger partial charge in [0.1, 0.15) is 0 Å². The van der Waals surface area contributed by atoms with E-state index in [1.54, 1.807) is 11.3 Å². The van der Waals surface area contributed by atoms with Crippen molar-refractivity contribution in [2.45, 2.75) is 25.1 Å². The second kappa shape index (κ2) is 5.46. The van der Waals surface area contributed by atoms with Crippen LogP contribution < -0.4 is 5.32 Å². The minimum Gasteiger partial charge on any atom is -0.355 e. The van der Waals surface area contributed by atoms with Crippen molar-refractivity contribution < 1.29 is 4.79 Å². The topological polar surface area (TPSA) is 42.0 Å². The Morgan fingerprint density at radius 3 is 3.00 bits per heavy atom. The Bertz CT molecular complexity index is 312. The number of amides is 1. The molecule has 78 valence electrons. The van der Waals surface area contributed by atoms with E-state index in [-0.39, 0.29) is 10.7 Å². The molecule has 1 N–H and O–H groups in total. The van der Waals surface area contributed by atoms with Crippen LogP contribution in [0.4, 0.5) is 0 Å². The zero-order valence-corrected chi connectivity index (χ0v) is 10.6. The van der Waals surface area contributed by atoms with Crippen LogP contribution in [0.15, 0.2) is 5.38 Å². The molecule has 1 atom stereocenters. The third-order valence-electron chi connectivity index (χ3n) is 1.71. The first-order chi connectivity index (χ1) is 6.59. The summed E-state index contributed by atoms with van der Waals surface area (Å²) in [5.41, 5.74) is 1.05. The fourth-order valence-corrected chi connectivity index (χ4v) is 1.79. The van der Waals surface area contributed by atoms with Gasteiger partial charge in [0, 0.05) is 18.3 Å². The minimum absolute atomic E-state index is 0.0250. The summed E-state index contributed by atoms with van der Waals surface area (Å²) < 4.78 is 0. The molecule has 1 amide bonds. The average molecular weight is 277 g/mol. The van der Waals surface area contributed by atoms with Crippen molar-refractivity contribution in [3.05, 3.63) is 16.1 Å². The average Bonchev–Trinajstić information content (AvgIpc) is 2.51. The number of thiazole rings is 1. The summed E-state index contributed by atoms with van der Waals surface area (Å²) in [5, 5.41) is 5.92. The van der Waals surface area contributed by atoms with Gasteiger partial charge in [-0.1, -0.05) is 15.9 Å². The van der Waals surface area contributed by atoms with Crippen LogP contribution >= 0.6 is 27.3 Å².